The van der Waals surface area contributed by atoms with Crippen molar-refractivity contribution in [1.82, 2.24) is 15.2 Å². The second-order valence-electron chi connectivity index (χ2n) is 10.1. The highest BCUT2D eigenvalue weighted by molar-refractivity contribution is 6.14. The second kappa shape index (κ2) is 12.9. The number of hydrogen-bond donors (Lipinski definition) is 3. The first kappa shape index (κ1) is 27.7. The van der Waals surface area contributed by atoms with Crippen molar-refractivity contribution >= 4 is 33.9 Å². The van der Waals surface area contributed by atoms with Gasteiger partial charge in [0.15, 0.2) is 5.88 Å². The normalized spacial score (nSPS) is 16.6. The lowest BCUT2D eigenvalue weighted by Crippen LogP contribution is -2.48. The van der Waals surface area contributed by atoms with E-state index in [1.165, 1.54) is 18.5 Å². The van der Waals surface area contributed by atoms with Gasteiger partial charge < -0.3 is 25.0 Å². The van der Waals surface area contributed by atoms with Gasteiger partial charge in [0.25, 0.3) is 5.91 Å². The Bertz CT molecular complexity index is 1250. The van der Waals surface area contributed by atoms with Crippen LogP contribution in [0.15, 0.2) is 47.5 Å². The maximum Gasteiger partial charge on any atom is 0.251 e. The Kier molecular flexibility index (Phi) is 9.42. The molecule has 204 valence electrons. The van der Waals surface area contributed by atoms with Crippen molar-refractivity contribution in [3.05, 3.63) is 53.6 Å². The van der Waals surface area contributed by atoms with Gasteiger partial charge in [-0.05, 0) is 69.5 Å². The van der Waals surface area contributed by atoms with E-state index < -0.39 is 0 Å². The van der Waals surface area contributed by atoms with Gasteiger partial charge in [-0.2, -0.15) is 0 Å². The van der Waals surface area contributed by atoms with Crippen LogP contribution in [0.25, 0.3) is 10.9 Å². The molecule has 8 nitrogen and oxygen atoms in total. The SMILES string of the molecule is C1CCOC1.CCC(=Nc1cccc(N2CCN(C(C)C)CC2)c1)c1c(O)[nH]c2ccc(C(=O)NC)cc12. The molecule has 0 aliphatic carbocycles. The molecule has 2 aromatic carbocycles. The first-order valence-corrected chi connectivity index (χ1v) is 13.7. The van der Waals surface area contributed by atoms with Crippen molar-refractivity contribution in [2.75, 3.05) is 51.3 Å². The molecular weight excluding hydrogens is 478 g/mol. The number of aromatic nitrogens is 1. The number of ether oxygens (including phenoxy) is 1. The van der Waals surface area contributed by atoms with Gasteiger partial charge in [-0.1, -0.05) is 13.0 Å². The van der Waals surface area contributed by atoms with Gasteiger partial charge in [-0.15, -0.1) is 0 Å². The number of piperazine rings is 1. The molecule has 38 heavy (non-hydrogen) atoms. The molecule has 3 N–H and O–H groups in total. The molecule has 0 radical (unpaired) electrons. The van der Waals surface area contributed by atoms with Crippen molar-refractivity contribution in [3.63, 3.8) is 0 Å². The minimum Gasteiger partial charge on any atom is -0.494 e. The zero-order chi connectivity index (χ0) is 27.1. The number of aliphatic imine (C=N–C) groups is 1. The van der Waals surface area contributed by atoms with E-state index in [1.54, 1.807) is 19.2 Å². The monoisotopic (exact) mass is 519 g/mol. The van der Waals surface area contributed by atoms with Gasteiger partial charge in [-0.3, -0.25) is 14.7 Å². The van der Waals surface area contributed by atoms with Crippen molar-refractivity contribution in [2.45, 2.75) is 46.1 Å². The van der Waals surface area contributed by atoms with Gasteiger partial charge in [-0.25, -0.2) is 0 Å². The molecule has 0 unspecified atom stereocenters. The number of carbonyl (C=O) groups excluding carboxylic acids is 1. The summed E-state index contributed by atoms with van der Waals surface area (Å²) in [5, 5.41) is 14.1. The van der Waals surface area contributed by atoms with E-state index in [1.807, 2.05) is 25.1 Å². The predicted molar refractivity (Wildman–Crippen MR) is 155 cm³/mol. The fourth-order valence-corrected chi connectivity index (χ4v) is 4.99. The summed E-state index contributed by atoms with van der Waals surface area (Å²) in [6.45, 7) is 12.6. The first-order valence-electron chi connectivity index (χ1n) is 13.7. The number of rotatable bonds is 6. The molecule has 3 aromatic rings. The Morgan fingerprint density at radius 2 is 1.84 bits per heavy atom. The predicted octanol–water partition coefficient (Wildman–Crippen LogP) is 5.09. The van der Waals surface area contributed by atoms with E-state index in [-0.39, 0.29) is 11.8 Å². The van der Waals surface area contributed by atoms with E-state index in [0.717, 1.165) is 61.7 Å². The summed E-state index contributed by atoms with van der Waals surface area (Å²) in [7, 11) is 1.61. The van der Waals surface area contributed by atoms with E-state index in [4.69, 9.17) is 9.73 Å². The van der Waals surface area contributed by atoms with Crippen LogP contribution < -0.4 is 10.2 Å². The molecule has 0 saturated carbocycles. The molecule has 5 rings (SSSR count). The fraction of sp³-hybridized carbons (Fsp3) is 0.467. The molecule has 2 fully saturated rings. The van der Waals surface area contributed by atoms with Crippen LogP contribution in [0.5, 0.6) is 5.88 Å². The van der Waals surface area contributed by atoms with Gasteiger partial charge in [0.05, 0.1) is 17.0 Å². The smallest absolute Gasteiger partial charge is 0.251 e. The van der Waals surface area contributed by atoms with E-state index >= 15 is 0 Å². The quantitative estimate of drug-likeness (QED) is 0.395. The van der Waals surface area contributed by atoms with E-state index in [2.05, 4.69) is 46.1 Å². The number of benzene rings is 2. The fourth-order valence-electron chi connectivity index (χ4n) is 4.99. The number of H-pyrrole nitrogens is 1. The highest BCUT2D eigenvalue weighted by Gasteiger charge is 2.20. The Hall–Kier alpha value is -3.36. The van der Waals surface area contributed by atoms with Gasteiger partial charge in [0.2, 0.25) is 0 Å². The maximum absolute atomic E-state index is 12.1. The van der Waals surface area contributed by atoms with Crippen LogP contribution in [0, 0.1) is 0 Å². The number of hydrogen-bond acceptors (Lipinski definition) is 6. The third-order valence-corrected chi connectivity index (χ3v) is 7.22. The lowest BCUT2D eigenvalue weighted by molar-refractivity contribution is 0.0963. The van der Waals surface area contributed by atoms with Gasteiger partial charge in [0.1, 0.15) is 0 Å². The van der Waals surface area contributed by atoms with Gasteiger partial charge >= 0.3 is 0 Å². The van der Waals surface area contributed by atoms with E-state index in [0.29, 0.717) is 23.6 Å². The lowest BCUT2D eigenvalue weighted by atomic mass is 10.0. The van der Waals surface area contributed by atoms with Crippen molar-refractivity contribution in [1.29, 1.82) is 0 Å². The lowest BCUT2D eigenvalue weighted by Gasteiger charge is -2.38. The first-order chi connectivity index (χ1) is 18.4. The third kappa shape index (κ3) is 6.55. The average molecular weight is 520 g/mol. The van der Waals surface area contributed by atoms with Crippen LogP contribution in [0.1, 0.15) is 56.0 Å². The molecule has 0 bridgehead atoms. The summed E-state index contributed by atoms with van der Waals surface area (Å²) in [4.78, 5) is 25.0. The zero-order valence-corrected chi connectivity index (χ0v) is 23.1. The molecular formula is C30H41N5O3. The van der Waals surface area contributed by atoms with Crippen LogP contribution in [0.4, 0.5) is 11.4 Å². The minimum absolute atomic E-state index is 0.0700. The minimum atomic E-state index is -0.163. The highest BCUT2D eigenvalue weighted by Crippen LogP contribution is 2.32. The standard InChI is InChI=1S/C26H33N5O2.C4H8O/c1-5-22(24-21-15-18(25(32)27-4)9-10-23(21)29-26(24)33)28-19-7-6-8-20(16-19)31-13-11-30(12-14-31)17(2)3;1-2-4-5-3-1/h6-10,15-17,29,33H,5,11-14H2,1-4H3,(H,27,32);1-4H2. The third-order valence-electron chi connectivity index (χ3n) is 7.22. The zero-order valence-electron chi connectivity index (χ0n) is 23.1. The summed E-state index contributed by atoms with van der Waals surface area (Å²) in [5.74, 6) is -0.0931. The number of carbonyl (C=O) groups is 1. The largest absolute Gasteiger partial charge is 0.494 e. The molecule has 1 aromatic heterocycles. The highest BCUT2D eigenvalue weighted by atomic mass is 16.5. The van der Waals surface area contributed by atoms with Crippen LogP contribution in [0.3, 0.4) is 0 Å². The van der Waals surface area contributed by atoms with Crippen molar-refractivity contribution < 1.29 is 14.6 Å². The molecule has 8 heteroatoms. The molecule has 0 atom stereocenters. The number of aromatic amines is 1. The Balaban J connectivity index is 0.000000603. The summed E-state index contributed by atoms with van der Waals surface area (Å²) in [5.41, 5.74) is 4.76. The van der Waals surface area contributed by atoms with Crippen molar-refractivity contribution in [2.24, 2.45) is 4.99 Å². The number of amides is 1. The number of aromatic hydroxyl groups is 1. The second-order valence-corrected chi connectivity index (χ2v) is 10.1. The molecule has 2 saturated heterocycles. The Morgan fingerprint density at radius 3 is 2.45 bits per heavy atom. The number of nitrogens with one attached hydrogen (secondary N) is 2. The van der Waals surface area contributed by atoms with Crippen LogP contribution in [0.2, 0.25) is 0 Å². The Morgan fingerprint density at radius 1 is 1.11 bits per heavy atom. The van der Waals surface area contributed by atoms with Crippen molar-refractivity contribution in [3.8, 4) is 5.88 Å². The maximum atomic E-state index is 12.1. The van der Waals surface area contributed by atoms with Crippen LogP contribution in [-0.4, -0.2) is 79.1 Å². The molecule has 1 amide bonds. The van der Waals surface area contributed by atoms with Crippen LogP contribution >= 0.6 is 0 Å². The summed E-state index contributed by atoms with van der Waals surface area (Å²) >= 11 is 0. The Labute approximate surface area is 225 Å². The average Bonchev–Trinajstić information content (AvgIpc) is 3.63. The number of anilines is 1. The number of fused-ring (bicyclic) bond motifs is 1. The topological polar surface area (TPSA) is 93.2 Å². The summed E-state index contributed by atoms with van der Waals surface area (Å²) in [6, 6.07) is 14.2. The van der Waals surface area contributed by atoms with E-state index in [9.17, 15) is 9.90 Å². The molecule has 0 spiro atoms. The number of nitrogens with zero attached hydrogens (tertiary/aromatic N) is 3. The summed E-state index contributed by atoms with van der Waals surface area (Å²) in [6.07, 6.45) is 3.20. The van der Waals surface area contributed by atoms with Gasteiger partial charge in [0, 0.05) is 74.6 Å². The van der Waals surface area contributed by atoms with Crippen LogP contribution in [-0.2, 0) is 4.74 Å². The molecule has 2 aliphatic rings. The molecule has 2 aliphatic heterocycles. The summed E-state index contributed by atoms with van der Waals surface area (Å²) < 4.78 is 4.94. The molecule has 3 heterocycles.